The Kier molecular flexibility index (Phi) is 5.88. The van der Waals surface area contributed by atoms with E-state index in [-0.39, 0.29) is 11.3 Å². The van der Waals surface area contributed by atoms with Crippen molar-refractivity contribution >= 4 is 44.1 Å². The van der Waals surface area contributed by atoms with Crippen LogP contribution in [0.3, 0.4) is 0 Å². The summed E-state index contributed by atoms with van der Waals surface area (Å²) in [7, 11) is 3.13. The Hall–Kier alpha value is -4.57. The molecule has 1 fully saturated rings. The number of ether oxygens (including phenoxy) is 4. The van der Waals surface area contributed by atoms with Gasteiger partial charge in [0.15, 0.2) is 16.6 Å². The second-order valence-electron chi connectivity index (χ2n) is 8.63. The number of methoxy groups -OCH3 is 2. The number of anilines is 1. The van der Waals surface area contributed by atoms with Gasteiger partial charge in [0.25, 0.3) is 5.78 Å². The van der Waals surface area contributed by atoms with Crippen LogP contribution in [0.5, 0.6) is 23.0 Å². The number of amides is 1. The third-order valence-electron chi connectivity index (χ3n) is 6.48. The quantitative estimate of drug-likeness (QED) is 0.225. The van der Waals surface area contributed by atoms with E-state index in [0.29, 0.717) is 58.0 Å². The SMILES string of the molecule is COc1ccc([C@H]2/C(=C(\O)c3ccc4c(c3)OCCO4)C(=O)C(=O)N2c2nc3ccc(OC)cc3s2)cc1. The standard InChI is InChI=1S/C28H22N2O7S/c1-34-17-6-3-15(4-7-17)24-23(25(31)16-5-10-20-21(13-16)37-12-11-36-20)26(32)27(33)30(24)28-29-19-9-8-18(35-2)14-22(19)38-28/h3-10,13-14,24,31H,11-12H2,1-2H3/b25-23+/t24-/m0/s1. The number of hydrogen-bond acceptors (Lipinski definition) is 9. The van der Waals surface area contributed by atoms with E-state index in [9.17, 15) is 14.7 Å². The van der Waals surface area contributed by atoms with Crippen LogP contribution in [0.4, 0.5) is 5.13 Å². The number of rotatable bonds is 5. The van der Waals surface area contributed by atoms with Gasteiger partial charge in [0.2, 0.25) is 0 Å². The molecular weight excluding hydrogens is 508 g/mol. The van der Waals surface area contributed by atoms with Gasteiger partial charge in [0.05, 0.1) is 36.1 Å². The average Bonchev–Trinajstić information content (AvgIpc) is 3.49. The zero-order valence-corrected chi connectivity index (χ0v) is 21.3. The number of nitrogens with zero attached hydrogens (tertiary/aromatic N) is 2. The van der Waals surface area contributed by atoms with Gasteiger partial charge in [-0.2, -0.15) is 0 Å². The summed E-state index contributed by atoms with van der Waals surface area (Å²) in [5.41, 5.74) is 1.56. The first kappa shape index (κ1) is 23.8. The number of Topliss-reactive ketones (excluding diaryl/α,β-unsaturated/α-hetero) is 1. The van der Waals surface area contributed by atoms with Crippen molar-refractivity contribution in [3.05, 3.63) is 77.4 Å². The van der Waals surface area contributed by atoms with E-state index < -0.39 is 17.7 Å². The number of carbonyl (C=O) groups is 2. The van der Waals surface area contributed by atoms with Gasteiger partial charge in [-0.15, -0.1) is 0 Å². The fraction of sp³-hybridized carbons (Fsp3) is 0.179. The molecule has 0 aliphatic carbocycles. The second-order valence-corrected chi connectivity index (χ2v) is 9.64. The summed E-state index contributed by atoms with van der Waals surface area (Å²) in [6.07, 6.45) is 0. The van der Waals surface area contributed by atoms with Crippen molar-refractivity contribution in [1.29, 1.82) is 0 Å². The lowest BCUT2D eigenvalue weighted by atomic mass is 9.95. The molecule has 0 spiro atoms. The number of benzene rings is 3. The third-order valence-corrected chi connectivity index (χ3v) is 7.50. The molecule has 0 saturated carbocycles. The van der Waals surface area contributed by atoms with Crippen LogP contribution in [0.15, 0.2) is 66.2 Å². The minimum absolute atomic E-state index is 0.0475. The van der Waals surface area contributed by atoms with Crippen molar-refractivity contribution in [2.45, 2.75) is 6.04 Å². The molecule has 192 valence electrons. The van der Waals surface area contributed by atoms with Gasteiger partial charge in [0.1, 0.15) is 30.5 Å². The van der Waals surface area contributed by atoms with Crippen LogP contribution in [0.1, 0.15) is 17.2 Å². The Balaban J connectivity index is 1.52. The van der Waals surface area contributed by atoms with Gasteiger partial charge in [0, 0.05) is 5.56 Å². The van der Waals surface area contributed by atoms with E-state index in [4.69, 9.17) is 18.9 Å². The number of aliphatic hydroxyl groups is 1. The number of aliphatic hydroxyl groups excluding tert-OH is 1. The molecule has 3 heterocycles. The van der Waals surface area contributed by atoms with Crippen molar-refractivity contribution in [2.75, 3.05) is 32.3 Å². The summed E-state index contributed by atoms with van der Waals surface area (Å²) in [6, 6.07) is 16.4. The molecule has 1 amide bonds. The molecule has 10 heteroatoms. The van der Waals surface area contributed by atoms with Crippen LogP contribution in [0.2, 0.25) is 0 Å². The van der Waals surface area contributed by atoms with Crippen LogP contribution in [-0.4, -0.2) is 49.2 Å². The fourth-order valence-electron chi connectivity index (χ4n) is 4.60. The summed E-state index contributed by atoms with van der Waals surface area (Å²) < 4.78 is 22.6. The first-order valence-corrected chi connectivity index (χ1v) is 12.6. The van der Waals surface area contributed by atoms with E-state index >= 15 is 0 Å². The molecule has 6 rings (SSSR count). The Morgan fingerprint density at radius 1 is 0.947 bits per heavy atom. The molecule has 1 aromatic heterocycles. The highest BCUT2D eigenvalue weighted by Crippen LogP contribution is 2.45. The van der Waals surface area contributed by atoms with Crippen molar-refractivity contribution in [2.24, 2.45) is 0 Å². The molecule has 3 aromatic carbocycles. The highest BCUT2D eigenvalue weighted by Gasteiger charge is 2.48. The number of thiazole rings is 1. The molecule has 38 heavy (non-hydrogen) atoms. The number of hydrogen-bond donors (Lipinski definition) is 1. The smallest absolute Gasteiger partial charge is 0.301 e. The lowest BCUT2D eigenvalue weighted by molar-refractivity contribution is -0.132. The Labute approximate surface area is 221 Å². The van der Waals surface area contributed by atoms with Crippen LogP contribution in [-0.2, 0) is 9.59 Å². The lowest BCUT2D eigenvalue weighted by Crippen LogP contribution is -2.29. The maximum absolute atomic E-state index is 13.5. The molecule has 9 nitrogen and oxygen atoms in total. The molecule has 1 saturated heterocycles. The highest BCUT2D eigenvalue weighted by atomic mass is 32.1. The van der Waals surface area contributed by atoms with Crippen LogP contribution in [0.25, 0.3) is 16.0 Å². The maximum atomic E-state index is 13.5. The van der Waals surface area contributed by atoms with Crippen molar-refractivity contribution < 1.29 is 33.6 Å². The van der Waals surface area contributed by atoms with Crippen molar-refractivity contribution in [3.8, 4) is 23.0 Å². The summed E-state index contributed by atoms with van der Waals surface area (Å²) in [5.74, 6) is 0.364. The highest BCUT2D eigenvalue weighted by molar-refractivity contribution is 7.22. The van der Waals surface area contributed by atoms with Gasteiger partial charge in [-0.05, 0) is 54.1 Å². The topological polar surface area (TPSA) is 107 Å². The normalized spacial score (nSPS) is 18.2. The predicted molar refractivity (Wildman–Crippen MR) is 141 cm³/mol. The molecule has 0 radical (unpaired) electrons. The summed E-state index contributed by atoms with van der Waals surface area (Å²) in [6.45, 7) is 0.796. The second kappa shape index (κ2) is 9.38. The zero-order chi connectivity index (χ0) is 26.4. The van der Waals surface area contributed by atoms with Crippen LogP contribution in [0, 0.1) is 0 Å². The molecule has 4 aromatic rings. The zero-order valence-electron chi connectivity index (χ0n) is 20.5. The van der Waals surface area contributed by atoms with Gasteiger partial charge in [-0.1, -0.05) is 23.5 Å². The molecule has 1 atom stereocenters. The minimum Gasteiger partial charge on any atom is -0.507 e. The van der Waals surface area contributed by atoms with E-state index in [1.54, 1.807) is 68.8 Å². The van der Waals surface area contributed by atoms with Crippen LogP contribution >= 0.6 is 11.3 Å². The number of aromatic nitrogens is 1. The summed E-state index contributed by atoms with van der Waals surface area (Å²) in [5, 5.41) is 11.8. The summed E-state index contributed by atoms with van der Waals surface area (Å²) in [4.78, 5) is 33.0. The average molecular weight is 531 g/mol. The number of carbonyl (C=O) groups excluding carboxylic acids is 2. The monoisotopic (exact) mass is 530 g/mol. The maximum Gasteiger partial charge on any atom is 0.301 e. The van der Waals surface area contributed by atoms with Gasteiger partial charge >= 0.3 is 5.91 Å². The largest absolute Gasteiger partial charge is 0.507 e. The van der Waals surface area contributed by atoms with E-state index in [2.05, 4.69) is 4.98 Å². The van der Waals surface area contributed by atoms with Gasteiger partial charge in [-0.25, -0.2) is 4.98 Å². The van der Waals surface area contributed by atoms with Gasteiger partial charge in [-0.3, -0.25) is 14.5 Å². The van der Waals surface area contributed by atoms with Crippen LogP contribution < -0.4 is 23.8 Å². The molecular formula is C28H22N2O7S. The van der Waals surface area contributed by atoms with E-state index in [1.165, 1.54) is 16.2 Å². The predicted octanol–water partition coefficient (Wildman–Crippen LogP) is 4.71. The van der Waals surface area contributed by atoms with Gasteiger partial charge < -0.3 is 24.1 Å². The number of ketones is 1. The van der Waals surface area contributed by atoms with E-state index in [0.717, 1.165) is 4.70 Å². The molecule has 0 unspecified atom stereocenters. The fourth-order valence-corrected chi connectivity index (χ4v) is 5.62. The summed E-state index contributed by atoms with van der Waals surface area (Å²) >= 11 is 1.26. The first-order chi connectivity index (χ1) is 18.5. The molecule has 2 aliphatic rings. The lowest BCUT2D eigenvalue weighted by Gasteiger charge is -2.23. The van der Waals surface area contributed by atoms with Crippen molar-refractivity contribution in [3.63, 3.8) is 0 Å². The Morgan fingerprint density at radius 3 is 2.39 bits per heavy atom. The minimum atomic E-state index is -0.920. The van der Waals surface area contributed by atoms with E-state index in [1.807, 2.05) is 6.07 Å². The van der Waals surface area contributed by atoms with Crippen molar-refractivity contribution in [1.82, 2.24) is 4.98 Å². The third kappa shape index (κ3) is 3.90. The first-order valence-electron chi connectivity index (χ1n) is 11.8. The Morgan fingerprint density at radius 2 is 1.66 bits per heavy atom. The Bertz CT molecular complexity index is 1610. The molecule has 0 bridgehead atoms. The molecule has 2 aliphatic heterocycles. The molecule has 1 N–H and O–H groups in total. The number of fused-ring (bicyclic) bond motifs is 2.